The summed E-state index contributed by atoms with van der Waals surface area (Å²) in [5.74, 6) is 0.480. The van der Waals surface area contributed by atoms with E-state index >= 15 is 0 Å². The smallest absolute Gasteiger partial charge is 0.487 e. The van der Waals surface area contributed by atoms with Crippen molar-refractivity contribution >= 4 is 23.5 Å². The highest BCUT2D eigenvalue weighted by molar-refractivity contribution is 6.58. The van der Waals surface area contributed by atoms with Crippen molar-refractivity contribution in [1.82, 2.24) is 9.97 Å². The first-order valence-electron chi connectivity index (χ1n) is 6.50. The molecule has 2 aromatic heterocycles. The molecule has 3 aromatic rings. The number of hydrogen-bond donors (Lipinski definition) is 2. The molecule has 6 heteroatoms. The van der Waals surface area contributed by atoms with Crippen molar-refractivity contribution in [3.63, 3.8) is 0 Å². The number of fused-ring (bicyclic) bond motifs is 1. The van der Waals surface area contributed by atoms with Crippen LogP contribution in [0.4, 0.5) is 0 Å². The summed E-state index contributed by atoms with van der Waals surface area (Å²) in [6.07, 6.45) is 4.68. The SMILES string of the molecule is OB(O)c1cncc(OCc2cnc3ccccc3c2)c1. The number of hydrogen-bond acceptors (Lipinski definition) is 5. The van der Waals surface area contributed by atoms with Crippen molar-refractivity contribution in [1.29, 1.82) is 0 Å². The zero-order valence-corrected chi connectivity index (χ0v) is 11.2. The monoisotopic (exact) mass is 280 g/mol. The Bertz CT molecular complexity index is 764. The topological polar surface area (TPSA) is 75.5 Å². The van der Waals surface area contributed by atoms with E-state index in [1.807, 2.05) is 30.3 Å². The van der Waals surface area contributed by atoms with E-state index < -0.39 is 7.12 Å². The van der Waals surface area contributed by atoms with Crippen LogP contribution < -0.4 is 10.2 Å². The van der Waals surface area contributed by atoms with Gasteiger partial charge in [0.25, 0.3) is 0 Å². The Balaban J connectivity index is 1.75. The molecule has 0 aliphatic carbocycles. The largest absolute Gasteiger partial charge is 0.490 e. The van der Waals surface area contributed by atoms with Gasteiger partial charge in [-0.1, -0.05) is 18.2 Å². The maximum absolute atomic E-state index is 9.10. The van der Waals surface area contributed by atoms with Crippen LogP contribution in [0.25, 0.3) is 10.9 Å². The molecule has 0 fully saturated rings. The van der Waals surface area contributed by atoms with Gasteiger partial charge in [-0.25, -0.2) is 0 Å². The van der Waals surface area contributed by atoms with Gasteiger partial charge in [-0.15, -0.1) is 0 Å². The van der Waals surface area contributed by atoms with Gasteiger partial charge in [-0.2, -0.15) is 0 Å². The van der Waals surface area contributed by atoms with Crippen molar-refractivity contribution < 1.29 is 14.8 Å². The summed E-state index contributed by atoms with van der Waals surface area (Å²) in [6.45, 7) is 0.338. The predicted octanol–water partition coefficient (Wildman–Crippen LogP) is 0.889. The molecule has 0 radical (unpaired) electrons. The molecule has 0 saturated heterocycles. The molecule has 21 heavy (non-hydrogen) atoms. The summed E-state index contributed by atoms with van der Waals surface area (Å²) >= 11 is 0. The van der Waals surface area contributed by atoms with Crippen molar-refractivity contribution in [2.45, 2.75) is 6.61 Å². The zero-order valence-electron chi connectivity index (χ0n) is 11.2. The number of ether oxygens (including phenoxy) is 1. The quantitative estimate of drug-likeness (QED) is 0.694. The van der Waals surface area contributed by atoms with Crippen molar-refractivity contribution in [2.24, 2.45) is 0 Å². The van der Waals surface area contributed by atoms with E-state index in [1.165, 1.54) is 12.4 Å². The number of aromatic nitrogens is 2. The second-order valence-corrected chi connectivity index (χ2v) is 4.65. The van der Waals surface area contributed by atoms with Crippen LogP contribution in [0.3, 0.4) is 0 Å². The van der Waals surface area contributed by atoms with Crippen LogP contribution in [0, 0.1) is 0 Å². The maximum atomic E-state index is 9.10. The van der Waals surface area contributed by atoms with Crippen LogP contribution in [-0.2, 0) is 6.61 Å². The van der Waals surface area contributed by atoms with Gasteiger partial charge in [0, 0.05) is 28.8 Å². The molecule has 2 N–H and O–H groups in total. The van der Waals surface area contributed by atoms with Gasteiger partial charge in [-0.3, -0.25) is 9.97 Å². The molecular weight excluding hydrogens is 267 g/mol. The summed E-state index contributed by atoms with van der Waals surface area (Å²) in [4.78, 5) is 8.27. The van der Waals surface area contributed by atoms with Gasteiger partial charge in [0.2, 0.25) is 0 Å². The van der Waals surface area contributed by atoms with Gasteiger partial charge in [-0.05, 0) is 18.2 Å². The van der Waals surface area contributed by atoms with Crippen LogP contribution in [0.5, 0.6) is 5.75 Å². The first-order chi connectivity index (χ1) is 10.2. The number of nitrogens with zero attached hydrogens (tertiary/aromatic N) is 2. The number of pyridine rings is 2. The fourth-order valence-electron chi connectivity index (χ4n) is 2.02. The highest BCUT2D eigenvalue weighted by Crippen LogP contribution is 2.14. The molecule has 104 valence electrons. The molecule has 0 aliphatic rings. The van der Waals surface area contributed by atoms with E-state index in [1.54, 1.807) is 12.3 Å². The van der Waals surface area contributed by atoms with Gasteiger partial charge < -0.3 is 14.8 Å². The van der Waals surface area contributed by atoms with Crippen LogP contribution in [0.1, 0.15) is 5.56 Å². The van der Waals surface area contributed by atoms with Crippen molar-refractivity contribution in [2.75, 3.05) is 0 Å². The molecule has 0 spiro atoms. The van der Waals surface area contributed by atoms with E-state index in [9.17, 15) is 0 Å². The molecule has 1 aromatic carbocycles. The summed E-state index contributed by atoms with van der Waals surface area (Å²) in [6, 6.07) is 11.4. The molecule has 2 heterocycles. The number of para-hydroxylation sites is 1. The Hall–Kier alpha value is -2.44. The fraction of sp³-hybridized carbons (Fsp3) is 0.0667. The van der Waals surface area contributed by atoms with Crippen LogP contribution in [0.2, 0.25) is 0 Å². The van der Waals surface area contributed by atoms with Crippen LogP contribution in [-0.4, -0.2) is 27.1 Å². The van der Waals surface area contributed by atoms with Gasteiger partial charge >= 0.3 is 7.12 Å². The Morgan fingerprint density at radius 3 is 2.76 bits per heavy atom. The fourth-order valence-corrected chi connectivity index (χ4v) is 2.02. The summed E-state index contributed by atoms with van der Waals surface area (Å²) in [5.41, 5.74) is 2.17. The standard InChI is InChI=1S/C15H13BN2O3/c19-16(20)13-6-14(9-17-8-13)21-10-11-5-12-3-1-2-4-15(12)18-7-11/h1-9,19-20H,10H2. The Morgan fingerprint density at radius 1 is 1.05 bits per heavy atom. The average Bonchev–Trinajstić information content (AvgIpc) is 2.53. The lowest BCUT2D eigenvalue weighted by Gasteiger charge is -2.08. The van der Waals surface area contributed by atoms with Gasteiger partial charge in [0.15, 0.2) is 0 Å². The molecule has 0 bridgehead atoms. The Kier molecular flexibility index (Phi) is 3.81. The minimum absolute atomic E-state index is 0.295. The zero-order chi connectivity index (χ0) is 14.7. The van der Waals surface area contributed by atoms with Gasteiger partial charge in [0.05, 0.1) is 11.7 Å². The van der Waals surface area contributed by atoms with Gasteiger partial charge in [0.1, 0.15) is 12.4 Å². The third kappa shape index (κ3) is 3.18. The highest BCUT2D eigenvalue weighted by Gasteiger charge is 2.12. The van der Waals surface area contributed by atoms with Crippen LogP contribution in [0.15, 0.2) is 55.0 Å². The van der Waals surface area contributed by atoms with E-state index in [0.29, 0.717) is 17.8 Å². The summed E-state index contributed by atoms with van der Waals surface area (Å²) in [7, 11) is -1.55. The number of rotatable bonds is 4. The molecule has 0 atom stereocenters. The van der Waals surface area contributed by atoms with E-state index in [2.05, 4.69) is 9.97 Å². The van der Waals surface area contributed by atoms with E-state index in [-0.39, 0.29) is 0 Å². The lowest BCUT2D eigenvalue weighted by molar-refractivity contribution is 0.305. The minimum atomic E-state index is -1.55. The second kappa shape index (κ2) is 5.91. The molecule has 5 nitrogen and oxygen atoms in total. The van der Waals surface area contributed by atoms with E-state index in [0.717, 1.165) is 16.5 Å². The average molecular weight is 280 g/mol. The summed E-state index contributed by atoms with van der Waals surface area (Å²) < 4.78 is 5.61. The first kappa shape index (κ1) is 13.5. The normalized spacial score (nSPS) is 10.6. The molecule has 0 unspecified atom stereocenters. The second-order valence-electron chi connectivity index (χ2n) is 4.65. The maximum Gasteiger partial charge on any atom is 0.490 e. The molecule has 0 amide bonds. The molecule has 0 aliphatic heterocycles. The van der Waals surface area contributed by atoms with Crippen molar-refractivity contribution in [3.05, 3.63) is 60.6 Å². The van der Waals surface area contributed by atoms with Crippen LogP contribution >= 0.6 is 0 Å². The molecular formula is C15H13BN2O3. The van der Waals surface area contributed by atoms with Crippen molar-refractivity contribution in [3.8, 4) is 5.75 Å². The minimum Gasteiger partial charge on any atom is -0.487 e. The Labute approximate surface area is 122 Å². The summed E-state index contributed by atoms with van der Waals surface area (Å²) in [5, 5.41) is 19.3. The van der Waals surface area contributed by atoms with E-state index in [4.69, 9.17) is 14.8 Å². The third-order valence-electron chi connectivity index (χ3n) is 3.09. The number of benzene rings is 1. The highest BCUT2D eigenvalue weighted by atomic mass is 16.5. The Morgan fingerprint density at radius 2 is 1.90 bits per heavy atom. The predicted molar refractivity (Wildman–Crippen MR) is 80.1 cm³/mol. The first-order valence-corrected chi connectivity index (χ1v) is 6.50. The lowest BCUT2D eigenvalue weighted by atomic mass is 9.82. The third-order valence-corrected chi connectivity index (χ3v) is 3.09. The lowest BCUT2D eigenvalue weighted by Crippen LogP contribution is -2.30. The molecule has 3 rings (SSSR count). The molecule has 0 saturated carbocycles.